The van der Waals surface area contributed by atoms with Crippen LogP contribution in [0.2, 0.25) is 0 Å². The molecule has 0 aliphatic heterocycles. The molecule has 3 aromatic rings. The van der Waals surface area contributed by atoms with Gasteiger partial charge in [0.15, 0.2) is 11.9 Å². The molecule has 1 unspecified atom stereocenters. The van der Waals surface area contributed by atoms with Crippen molar-refractivity contribution in [1.29, 1.82) is 0 Å². The maximum atomic E-state index is 12.6. The quantitative estimate of drug-likeness (QED) is 0.332. The smallest absolute Gasteiger partial charge is 0.339 e. The molecule has 2 aromatic carbocycles. The van der Waals surface area contributed by atoms with Gasteiger partial charge in [-0.3, -0.25) is 4.79 Å². The van der Waals surface area contributed by atoms with E-state index >= 15 is 0 Å². The molecule has 0 fully saturated rings. The molecule has 144 valence electrons. The fourth-order valence-corrected chi connectivity index (χ4v) is 3.41. The third-order valence-electron chi connectivity index (χ3n) is 4.02. The first-order valence-corrected chi connectivity index (χ1v) is 9.75. The van der Waals surface area contributed by atoms with Crippen molar-refractivity contribution >= 4 is 23.5 Å². The zero-order valence-corrected chi connectivity index (χ0v) is 16.7. The van der Waals surface area contributed by atoms with Gasteiger partial charge in [-0.2, -0.15) is 4.98 Å². The van der Waals surface area contributed by atoms with E-state index in [4.69, 9.17) is 9.26 Å². The largest absolute Gasteiger partial charge is 0.451 e. The Hall–Kier alpha value is -2.93. The lowest BCUT2D eigenvalue weighted by Crippen LogP contribution is -2.24. The number of rotatable bonds is 7. The zero-order valence-electron chi connectivity index (χ0n) is 15.8. The standard InChI is InChI=1S/C21H20N2O4S/c1-13-8-10-16(11-9-13)20(24)14(2)26-21(25)17-6-4-5-7-18(17)28-12-19-22-15(3)23-27-19/h4-11,14H,12H2,1-3H3. The molecule has 0 saturated carbocycles. The minimum absolute atomic E-state index is 0.236. The predicted octanol–water partition coefficient (Wildman–Crippen LogP) is 4.41. The van der Waals surface area contributed by atoms with Crippen LogP contribution in [0.1, 0.15) is 44.9 Å². The molecule has 0 amide bonds. The number of carbonyl (C=O) groups excluding carboxylic acids is 2. The van der Waals surface area contributed by atoms with Crippen molar-refractivity contribution in [2.24, 2.45) is 0 Å². The molecule has 0 spiro atoms. The minimum Gasteiger partial charge on any atom is -0.451 e. The third-order valence-corrected chi connectivity index (χ3v) is 5.08. The van der Waals surface area contributed by atoms with Gasteiger partial charge in [0.25, 0.3) is 0 Å². The average molecular weight is 396 g/mol. The average Bonchev–Trinajstić information content (AvgIpc) is 3.11. The van der Waals surface area contributed by atoms with E-state index in [-0.39, 0.29) is 5.78 Å². The number of hydrogen-bond acceptors (Lipinski definition) is 7. The number of ether oxygens (including phenoxy) is 1. The summed E-state index contributed by atoms with van der Waals surface area (Å²) in [7, 11) is 0. The second-order valence-electron chi connectivity index (χ2n) is 6.30. The summed E-state index contributed by atoms with van der Waals surface area (Å²) in [6.07, 6.45) is -0.883. The normalized spacial score (nSPS) is 11.8. The molecule has 1 aromatic heterocycles. The summed E-state index contributed by atoms with van der Waals surface area (Å²) in [5.41, 5.74) is 1.97. The highest BCUT2D eigenvalue weighted by Crippen LogP contribution is 2.26. The Labute approximate surface area is 167 Å². The first kappa shape index (κ1) is 19.8. The van der Waals surface area contributed by atoms with E-state index in [1.165, 1.54) is 11.8 Å². The highest BCUT2D eigenvalue weighted by atomic mass is 32.2. The molecule has 28 heavy (non-hydrogen) atoms. The fourth-order valence-electron chi connectivity index (χ4n) is 2.53. The van der Waals surface area contributed by atoms with E-state index in [2.05, 4.69) is 10.1 Å². The van der Waals surface area contributed by atoms with Crippen LogP contribution in [0.4, 0.5) is 0 Å². The second kappa shape index (κ2) is 8.84. The Morgan fingerprint density at radius 1 is 1.11 bits per heavy atom. The van der Waals surface area contributed by atoms with Crippen molar-refractivity contribution in [3.05, 3.63) is 76.9 Å². The third kappa shape index (κ3) is 4.86. The molecular formula is C21H20N2O4S. The molecule has 3 rings (SSSR count). The molecule has 0 radical (unpaired) electrons. The van der Waals surface area contributed by atoms with Gasteiger partial charge in [-0.15, -0.1) is 11.8 Å². The monoisotopic (exact) mass is 396 g/mol. The molecular weight excluding hydrogens is 376 g/mol. The van der Waals surface area contributed by atoms with Gasteiger partial charge in [0.2, 0.25) is 11.7 Å². The van der Waals surface area contributed by atoms with Gasteiger partial charge in [0.05, 0.1) is 11.3 Å². The van der Waals surface area contributed by atoms with Gasteiger partial charge in [0.1, 0.15) is 0 Å². The number of esters is 1. The van der Waals surface area contributed by atoms with Crippen molar-refractivity contribution < 1.29 is 18.8 Å². The summed E-state index contributed by atoms with van der Waals surface area (Å²) < 4.78 is 10.5. The van der Waals surface area contributed by atoms with Gasteiger partial charge in [-0.1, -0.05) is 47.1 Å². The van der Waals surface area contributed by atoms with Crippen LogP contribution in [0.25, 0.3) is 0 Å². The second-order valence-corrected chi connectivity index (χ2v) is 7.32. The molecule has 0 aliphatic rings. The molecule has 1 heterocycles. The highest BCUT2D eigenvalue weighted by molar-refractivity contribution is 7.98. The number of carbonyl (C=O) groups is 2. The molecule has 0 bridgehead atoms. The summed E-state index contributed by atoms with van der Waals surface area (Å²) in [5, 5.41) is 3.75. The topological polar surface area (TPSA) is 82.3 Å². The predicted molar refractivity (Wildman–Crippen MR) is 105 cm³/mol. The van der Waals surface area contributed by atoms with Crippen molar-refractivity contribution in [3.63, 3.8) is 0 Å². The van der Waals surface area contributed by atoms with Crippen LogP contribution in [-0.4, -0.2) is 28.0 Å². The van der Waals surface area contributed by atoms with Gasteiger partial charge in [-0.25, -0.2) is 4.79 Å². The van der Waals surface area contributed by atoms with Crippen LogP contribution in [0.5, 0.6) is 0 Å². The van der Waals surface area contributed by atoms with Crippen molar-refractivity contribution in [1.82, 2.24) is 10.1 Å². The molecule has 0 N–H and O–H groups in total. The highest BCUT2D eigenvalue weighted by Gasteiger charge is 2.22. The van der Waals surface area contributed by atoms with Gasteiger partial charge >= 0.3 is 5.97 Å². The summed E-state index contributed by atoms with van der Waals surface area (Å²) in [5.74, 6) is 0.695. The van der Waals surface area contributed by atoms with Crippen LogP contribution in [-0.2, 0) is 10.5 Å². The Morgan fingerprint density at radius 2 is 1.82 bits per heavy atom. The molecule has 0 saturated heterocycles. The van der Waals surface area contributed by atoms with E-state index in [0.717, 1.165) is 10.5 Å². The lowest BCUT2D eigenvalue weighted by Gasteiger charge is -2.14. The summed E-state index contributed by atoms with van der Waals surface area (Å²) in [4.78, 5) is 30.0. The van der Waals surface area contributed by atoms with Crippen LogP contribution < -0.4 is 0 Å². The Bertz CT molecular complexity index is 982. The van der Waals surface area contributed by atoms with E-state index in [0.29, 0.717) is 28.6 Å². The first-order valence-electron chi connectivity index (χ1n) is 8.77. The van der Waals surface area contributed by atoms with Crippen LogP contribution >= 0.6 is 11.8 Å². The van der Waals surface area contributed by atoms with E-state index in [1.54, 1.807) is 38.1 Å². The minimum atomic E-state index is -0.883. The Morgan fingerprint density at radius 3 is 2.50 bits per heavy atom. The number of aromatic nitrogens is 2. The van der Waals surface area contributed by atoms with Gasteiger partial charge in [0, 0.05) is 10.5 Å². The zero-order chi connectivity index (χ0) is 20.1. The van der Waals surface area contributed by atoms with E-state index < -0.39 is 12.1 Å². The number of ketones is 1. The van der Waals surface area contributed by atoms with Crippen LogP contribution in [0.15, 0.2) is 57.9 Å². The lowest BCUT2D eigenvalue weighted by atomic mass is 10.1. The summed E-state index contributed by atoms with van der Waals surface area (Å²) in [6.45, 7) is 5.27. The van der Waals surface area contributed by atoms with Crippen molar-refractivity contribution in [2.75, 3.05) is 0 Å². The number of Topliss-reactive ketones (excluding diaryl/α,β-unsaturated/α-hetero) is 1. The van der Waals surface area contributed by atoms with Crippen LogP contribution in [0, 0.1) is 13.8 Å². The van der Waals surface area contributed by atoms with E-state index in [9.17, 15) is 9.59 Å². The van der Waals surface area contributed by atoms with Gasteiger partial charge in [-0.05, 0) is 32.9 Å². The molecule has 0 aliphatic carbocycles. The molecule has 6 nitrogen and oxygen atoms in total. The number of nitrogens with zero attached hydrogens (tertiary/aromatic N) is 2. The SMILES string of the molecule is Cc1ccc(C(=O)C(C)OC(=O)c2ccccc2SCc2nc(C)no2)cc1. The van der Waals surface area contributed by atoms with Crippen molar-refractivity contribution in [3.8, 4) is 0 Å². The number of hydrogen-bond donors (Lipinski definition) is 0. The number of aryl methyl sites for hydroxylation is 2. The summed E-state index contributed by atoms with van der Waals surface area (Å²) in [6, 6.07) is 14.3. The summed E-state index contributed by atoms with van der Waals surface area (Å²) >= 11 is 1.39. The Kier molecular flexibility index (Phi) is 6.26. The lowest BCUT2D eigenvalue weighted by molar-refractivity contribution is 0.0315. The van der Waals surface area contributed by atoms with Gasteiger partial charge < -0.3 is 9.26 Å². The molecule has 7 heteroatoms. The number of thioether (sulfide) groups is 1. The fraction of sp³-hybridized carbons (Fsp3) is 0.238. The maximum absolute atomic E-state index is 12.6. The number of benzene rings is 2. The van der Waals surface area contributed by atoms with Crippen molar-refractivity contribution in [2.45, 2.75) is 37.5 Å². The molecule has 1 atom stereocenters. The van der Waals surface area contributed by atoms with E-state index in [1.807, 2.05) is 31.2 Å². The Balaban J connectivity index is 1.68. The first-order chi connectivity index (χ1) is 13.4. The maximum Gasteiger partial charge on any atom is 0.339 e. The van der Waals surface area contributed by atoms with Crippen LogP contribution in [0.3, 0.4) is 0 Å².